The fourth-order valence-corrected chi connectivity index (χ4v) is 7.10. The summed E-state index contributed by atoms with van der Waals surface area (Å²) >= 11 is 1.88. The molecule has 0 aliphatic heterocycles. The highest BCUT2D eigenvalue weighted by Crippen LogP contribution is 2.42. The molecule has 2 heteroatoms. The predicted molar refractivity (Wildman–Crippen MR) is 172 cm³/mol. The molecule has 0 amide bonds. The maximum atomic E-state index is 2.43. The van der Waals surface area contributed by atoms with Crippen molar-refractivity contribution in [3.63, 3.8) is 0 Å². The summed E-state index contributed by atoms with van der Waals surface area (Å²) in [7, 11) is 0. The molecule has 0 saturated heterocycles. The Bertz CT molecular complexity index is 2070. The van der Waals surface area contributed by atoms with Crippen molar-refractivity contribution in [2.45, 2.75) is 0 Å². The van der Waals surface area contributed by atoms with Crippen LogP contribution in [0.2, 0.25) is 0 Å². The van der Waals surface area contributed by atoms with Crippen LogP contribution in [0.4, 0.5) is 0 Å². The van der Waals surface area contributed by atoms with E-state index in [1.54, 1.807) is 0 Å². The fraction of sp³-hybridized carbons (Fsp3) is 0. The van der Waals surface area contributed by atoms with Crippen molar-refractivity contribution >= 4 is 42.5 Å². The molecule has 0 bridgehead atoms. The van der Waals surface area contributed by atoms with E-state index in [0.717, 1.165) is 0 Å². The average molecular weight is 528 g/mol. The zero-order valence-electron chi connectivity index (χ0n) is 21.8. The van der Waals surface area contributed by atoms with Crippen LogP contribution in [0.1, 0.15) is 0 Å². The standard InChI is InChI=1S/C38H25NS/c1-3-11-26(12-4-1)29-23-30(27-13-5-2-6-14-27)25-31(24-29)28-19-21-32(22-20-28)39-35-17-9-7-15-33(35)38-37(39)34-16-8-10-18-36(34)40-38/h1-25H. The summed E-state index contributed by atoms with van der Waals surface area (Å²) in [5, 5.41) is 2.62. The van der Waals surface area contributed by atoms with E-state index in [2.05, 4.69) is 156 Å². The Kier molecular flexibility index (Phi) is 5.39. The van der Waals surface area contributed by atoms with Gasteiger partial charge in [0.05, 0.1) is 15.7 Å². The molecule has 0 radical (unpaired) electrons. The van der Waals surface area contributed by atoms with Crippen LogP contribution in [0.15, 0.2) is 152 Å². The highest BCUT2D eigenvalue weighted by Gasteiger charge is 2.17. The third-order valence-corrected chi connectivity index (χ3v) is 8.98. The van der Waals surface area contributed by atoms with Gasteiger partial charge in [-0.2, -0.15) is 0 Å². The molecule has 6 aromatic carbocycles. The molecule has 0 fully saturated rings. The minimum absolute atomic E-state index is 1.18. The molecule has 0 spiro atoms. The molecule has 8 aromatic rings. The summed E-state index contributed by atoms with van der Waals surface area (Å²) in [6.45, 7) is 0. The van der Waals surface area contributed by atoms with Crippen molar-refractivity contribution in [2.24, 2.45) is 0 Å². The first-order chi connectivity index (χ1) is 19.8. The fourth-order valence-electron chi connectivity index (χ4n) is 5.88. The lowest BCUT2D eigenvalue weighted by atomic mass is 9.93. The summed E-state index contributed by atoms with van der Waals surface area (Å²) < 4.78 is 5.11. The Morgan fingerprint density at radius 2 is 0.900 bits per heavy atom. The van der Waals surface area contributed by atoms with Crippen LogP contribution in [0.25, 0.3) is 70.3 Å². The number of para-hydroxylation sites is 1. The first-order valence-electron chi connectivity index (χ1n) is 13.6. The van der Waals surface area contributed by atoms with Gasteiger partial charge in [-0.1, -0.05) is 109 Å². The van der Waals surface area contributed by atoms with Crippen molar-refractivity contribution in [3.8, 4) is 39.1 Å². The van der Waals surface area contributed by atoms with Gasteiger partial charge in [0.1, 0.15) is 0 Å². The van der Waals surface area contributed by atoms with E-state index < -0.39 is 0 Å². The van der Waals surface area contributed by atoms with E-state index >= 15 is 0 Å². The lowest BCUT2D eigenvalue weighted by Gasteiger charge is -2.13. The predicted octanol–water partition coefficient (Wildman–Crippen LogP) is 11.0. The van der Waals surface area contributed by atoms with Gasteiger partial charge < -0.3 is 4.57 Å². The van der Waals surface area contributed by atoms with Crippen LogP contribution in [-0.4, -0.2) is 4.57 Å². The smallest absolute Gasteiger partial charge is 0.0727 e. The van der Waals surface area contributed by atoms with Gasteiger partial charge in [-0.3, -0.25) is 0 Å². The number of hydrogen-bond donors (Lipinski definition) is 0. The Labute approximate surface area is 237 Å². The zero-order valence-corrected chi connectivity index (χ0v) is 22.6. The molecule has 0 N–H and O–H groups in total. The maximum Gasteiger partial charge on any atom is 0.0727 e. The summed E-state index contributed by atoms with van der Waals surface area (Å²) in [5.74, 6) is 0. The molecule has 2 heterocycles. The van der Waals surface area contributed by atoms with Gasteiger partial charge in [-0.05, 0) is 75.8 Å². The number of rotatable bonds is 4. The van der Waals surface area contributed by atoms with Crippen LogP contribution in [0.5, 0.6) is 0 Å². The topological polar surface area (TPSA) is 4.93 Å². The summed E-state index contributed by atoms with van der Waals surface area (Å²) in [4.78, 5) is 0. The van der Waals surface area contributed by atoms with Gasteiger partial charge in [0.25, 0.3) is 0 Å². The van der Waals surface area contributed by atoms with Gasteiger partial charge in [0, 0.05) is 21.2 Å². The summed E-state index contributed by atoms with van der Waals surface area (Å²) in [6, 6.07) is 54.8. The second-order valence-corrected chi connectivity index (χ2v) is 11.3. The number of aromatic nitrogens is 1. The van der Waals surface area contributed by atoms with Crippen LogP contribution in [-0.2, 0) is 0 Å². The third-order valence-electron chi connectivity index (χ3n) is 7.79. The summed E-state index contributed by atoms with van der Waals surface area (Å²) in [5.41, 5.74) is 11.1. The Morgan fingerprint density at radius 3 is 1.52 bits per heavy atom. The third kappa shape index (κ3) is 3.77. The van der Waals surface area contributed by atoms with Gasteiger partial charge in [-0.15, -0.1) is 11.3 Å². The molecule has 0 saturated carbocycles. The normalized spacial score (nSPS) is 11.5. The number of thiophene rings is 1. The minimum Gasteiger partial charge on any atom is -0.308 e. The average Bonchev–Trinajstić information content (AvgIpc) is 3.57. The van der Waals surface area contributed by atoms with Crippen molar-refractivity contribution in [1.82, 2.24) is 4.57 Å². The second-order valence-electron chi connectivity index (χ2n) is 10.2. The molecule has 0 aliphatic rings. The SMILES string of the molecule is c1ccc(-c2cc(-c3ccccc3)cc(-c3ccc(-n4c5ccccc5c5sc6ccccc6c54)cc3)c2)cc1. The van der Waals surface area contributed by atoms with Gasteiger partial charge in [0.15, 0.2) is 0 Å². The van der Waals surface area contributed by atoms with E-state index in [9.17, 15) is 0 Å². The molecule has 1 nitrogen and oxygen atoms in total. The number of nitrogens with zero attached hydrogens (tertiary/aromatic N) is 1. The maximum absolute atomic E-state index is 2.43. The lowest BCUT2D eigenvalue weighted by Crippen LogP contribution is -1.94. The molecule has 0 aliphatic carbocycles. The molecule has 40 heavy (non-hydrogen) atoms. The molecule has 2 aromatic heterocycles. The summed E-state index contributed by atoms with van der Waals surface area (Å²) in [6.07, 6.45) is 0. The largest absolute Gasteiger partial charge is 0.308 e. The van der Waals surface area contributed by atoms with Crippen LogP contribution in [0.3, 0.4) is 0 Å². The van der Waals surface area contributed by atoms with E-state index in [-0.39, 0.29) is 0 Å². The Morgan fingerprint density at radius 1 is 0.400 bits per heavy atom. The second kappa shape index (κ2) is 9.37. The highest BCUT2D eigenvalue weighted by atomic mass is 32.1. The molecule has 188 valence electrons. The van der Waals surface area contributed by atoms with Crippen LogP contribution < -0.4 is 0 Å². The molecule has 8 rings (SSSR count). The first-order valence-corrected chi connectivity index (χ1v) is 14.4. The van der Waals surface area contributed by atoms with Gasteiger partial charge >= 0.3 is 0 Å². The van der Waals surface area contributed by atoms with Crippen LogP contribution >= 0.6 is 11.3 Å². The Hall–Kier alpha value is -4.92. The number of hydrogen-bond acceptors (Lipinski definition) is 1. The molecule has 0 atom stereocenters. The lowest BCUT2D eigenvalue weighted by molar-refractivity contribution is 1.19. The monoisotopic (exact) mass is 527 g/mol. The van der Waals surface area contributed by atoms with E-state index in [1.807, 2.05) is 11.3 Å². The van der Waals surface area contributed by atoms with Crippen molar-refractivity contribution < 1.29 is 0 Å². The van der Waals surface area contributed by atoms with Crippen LogP contribution in [0, 0.1) is 0 Å². The highest BCUT2D eigenvalue weighted by molar-refractivity contribution is 7.26. The molecular weight excluding hydrogens is 502 g/mol. The molecule has 0 unspecified atom stereocenters. The van der Waals surface area contributed by atoms with Crippen molar-refractivity contribution in [1.29, 1.82) is 0 Å². The van der Waals surface area contributed by atoms with Gasteiger partial charge in [0.2, 0.25) is 0 Å². The Balaban J connectivity index is 1.29. The van der Waals surface area contributed by atoms with E-state index in [4.69, 9.17) is 0 Å². The zero-order chi connectivity index (χ0) is 26.5. The van der Waals surface area contributed by atoms with E-state index in [0.29, 0.717) is 0 Å². The number of benzene rings is 6. The quantitative estimate of drug-likeness (QED) is 0.214. The minimum atomic E-state index is 1.18. The molecular formula is C38H25NS. The van der Waals surface area contributed by atoms with Gasteiger partial charge in [-0.25, -0.2) is 0 Å². The first kappa shape index (κ1) is 23.0. The van der Waals surface area contributed by atoms with Crippen molar-refractivity contribution in [2.75, 3.05) is 0 Å². The number of fused-ring (bicyclic) bond motifs is 5. The van der Waals surface area contributed by atoms with E-state index in [1.165, 1.54) is 70.3 Å². The van der Waals surface area contributed by atoms with Crippen molar-refractivity contribution in [3.05, 3.63) is 152 Å².